The largest absolute Gasteiger partial charge is 0.351 e. The average molecular weight is 290 g/mol. The number of carbonyl (C=O) groups is 2. The summed E-state index contributed by atoms with van der Waals surface area (Å²) in [5.41, 5.74) is 0. The van der Waals surface area contributed by atoms with Gasteiger partial charge >= 0.3 is 0 Å². The standard InChI is InChI=1S/C15H22N4O2/c1-11(8-19-6-2-5-16-19)17-15(21)13-7-14(20)18(10-13)9-12-3-4-12/h2,5-6,11-13H,3-4,7-10H2,1H3,(H,17,21)/t11-,13+/m1/s1. The van der Waals surface area contributed by atoms with Gasteiger partial charge in [0.2, 0.25) is 11.8 Å². The highest BCUT2D eigenvalue weighted by molar-refractivity contribution is 5.89. The molecule has 2 aliphatic rings. The lowest BCUT2D eigenvalue weighted by atomic mass is 10.1. The van der Waals surface area contributed by atoms with Gasteiger partial charge in [0.25, 0.3) is 0 Å². The fraction of sp³-hybridized carbons (Fsp3) is 0.667. The van der Waals surface area contributed by atoms with Crippen LogP contribution in [0.4, 0.5) is 0 Å². The molecule has 0 aromatic carbocycles. The van der Waals surface area contributed by atoms with Gasteiger partial charge in [0.15, 0.2) is 0 Å². The van der Waals surface area contributed by atoms with Gasteiger partial charge in [-0.1, -0.05) is 0 Å². The molecule has 21 heavy (non-hydrogen) atoms. The Morgan fingerprint density at radius 3 is 3.00 bits per heavy atom. The van der Waals surface area contributed by atoms with Crippen LogP contribution in [0.15, 0.2) is 18.5 Å². The van der Waals surface area contributed by atoms with Gasteiger partial charge in [-0.15, -0.1) is 0 Å². The molecule has 1 saturated heterocycles. The Kier molecular flexibility index (Phi) is 3.94. The maximum atomic E-state index is 12.3. The number of amides is 2. The van der Waals surface area contributed by atoms with Crippen molar-refractivity contribution in [1.29, 1.82) is 0 Å². The van der Waals surface area contributed by atoms with E-state index in [1.165, 1.54) is 12.8 Å². The average Bonchev–Trinajstić information content (AvgIpc) is 2.95. The van der Waals surface area contributed by atoms with Crippen LogP contribution in [0.3, 0.4) is 0 Å². The number of carbonyl (C=O) groups excluding carboxylic acids is 2. The Balaban J connectivity index is 1.47. The fourth-order valence-electron chi connectivity index (χ4n) is 2.83. The molecule has 0 unspecified atom stereocenters. The minimum Gasteiger partial charge on any atom is -0.351 e. The van der Waals surface area contributed by atoms with Crippen LogP contribution in [0, 0.1) is 11.8 Å². The maximum absolute atomic E-state index is 12.3. The van der Waals surface area contributed by atoms with Crippen LogP contribution < -0.4 is 5.32 Å². The van der Waals surface area contributed by atoms with Gasteiger partial charge in [-0.3, -0.25) is 14.3 Å². The van der Waals surface area contributed by atoms with Gasteiger partial charge in [-0.2, -0.15) is 5.10 Å². The van der Waals surface area contributed by atoms with E-state index in [0.29, 0.717) is 25.4 Å². The first-order valence-corrected chi connectivity index (χ1v) is 7.67. The molecule has 2 fully saturated rings. The Labute approximate surface area is 124 Å². The summed E-state index contributed by atoms with van der Waals surface area (Å²) >= 11 is 0. The summed E-state index contributed by atoms with van der Waals surface area (Å²) < 4.78 is 1.80. The van der Waals surface area contributed by atoms with E-state index in [4.69, 9.17) is 0 Å². The van der Waals surface area contributed by atoms with Gasteiger partial charge in [0, 0.05) is 37.9 Å². The second kappa shape index (κ2) is 5.87. The summed E-state index contributed by atoms with van der Waals surface area (Å²) in [6.07, 6.45) is 6.40. The summed E-state index contributed by atoms with van der Waals surface area (Å²) in [6, 6.07) is 1.87. The highest BCUT2D eigenvalue weighted by atomic mass is 16.2. The molecular formula is C15H22N4O2. The van der Waals surface area contributed by atoms with Crippen LogP contribution >= 0.6 is 0 Å². The Hall–Kier alpha value is -1.85. The first-order valence-electron chi connectivity index (χ1n) is 7.67. The number of hydrogen-bond acceptors (Lipinski definition) is 3. The zero-order valence-electron chi connectivity index (χ0n) is 12.4. The van der Waals surface area contributed by atoms with Crippen molar-refractivity contribution in [2.45, 2.75) is 38.8 Å². The van der Waals surface area contributed by atoms with E-state index in [1.807, 2.05) is 24.1 Å². The van der Waals surface area contributed by atoms with Gasteiger partial charge in [0.05, 0.1) is 12.5 Å². The lowest BCUT2D eigenvalue weighted by molar-refractivity contribution is -0.129. The summed E-state index contributed by atoms with van der Waals surface area (Å²) in [6.45, 7) is 4.02. The Morgan fingerprint density at radius 2 is 2.33 bits per heavy atom. The number of nitrogens with one attached hydrogen (secondary N) is 1. The molecule has 0 bridgehead atoms. The smallest absolute Gasteiger partial charge is 0.225 e. The molecular weight excluding hydrogens is 268 g/mol. The van der Waals surface area contributed by atoms with E-state index in [2.05, 4.69) is 10.4 Å². The van der Waals surface area contributed by atoms with Crippen LogP contribution in [-0.2, 0) is 16.1 Å². The molecule has 6 nitrogen and oxygen atoms in total. The summed E-state index contributed by atoms with van der Waals surface area (Å²) in [7, 11) is 0. The fourth-order valence-corrected chi connectivity index (χ4v) is 2.83. The Bertz CT molecular complexity index is 510. The van der Waals surface area contributed by atoms with Gasteiger partial charge in [0.1, 0.15) is 0 Å². The van der Waals surface area contributed by atoms with Crippen molar-refractivity contribution in [3.05, 3.63) is 18.5 Å². The van der Waals surface area contributed by atoms with Crippen molar-refractivity contribution >= 4 is 11.8 Å². The topological polar surface area (TPSA) is 67.2 Å². The van der Waals surface area contributed by atoms with E-state index in [1.54, 1.807) is 10.9 Å². The van der Waals surface area contributed by atoms with Gasteiger partial charge in [-0.25, -0.2) is 0 Å². The third-order valence-corrected chi connectivity index (χ3v) is 4.17. The molecule has 2 heterocycles. The van der Waals surface area contributed by atoms with Crippen molar-refractivity contribution in [2.24, 2.45) is 11.8 Å². The minimum atomic E-state index is -0.198. The number of rotatable bonds is 6. The van der Waals surface area contributed by atoms with E-state index >= 15 is 0 Å². The number of nitrogens with zero attached hydrogens (tertiary/aromatic N) is 3. The minimum absolute atomic E-state index is 0.00461. The van der Waals surface area contributed by atoms with Crippen LogP contribution in [0.2, 0.25) is 0 Å². The summed E-state index contributed by atoms with van der Waals surface area (Å²) in [5.74, 6) is 0.592. The third-order valence-electron chi connectivity index (χ3n) is 4.17. The van der Waals surface area contributed by atoms with Crippen LogP contribution in [0.25, 0.3) is 0 Å². The highest BCUT2D eigenvalue weighted by Gasteiger charge is 2.37. The van der Waals surface area contributed by atoms with Crippen molar-refractivity contribution in [3.63, 3.8) is 0 Å². The monoisotopic (exact) mass is 290 g/mol. The van der Waals surface area contributed by atoms with Crippen molar-refractivity contribution in [1.82, 2.24) is 20.0 Å². The highest BCUT2D eigenvalue weighted by Crippen LogP contribution is 2.31. The zero-order valence-corrected chi connectivity index (χ0v) is 12.4. The van der Waals surface area contributed by atoms with E-state index < -0.39 is 0 Å². The first kappa shape index (κ1) is 14.1. The second-order valence-electron chi connectivity index (χ2n) is 6.28. The number of aromatic nitrogens is 2. The van der Waals surface area contributed by atoms with Crippen molar-refractivity contribution < 1.29 is 9.59 Å². The normalized spacial score (nSPS) is 23.4. The van der Waals surface area contributed by atoms with Gasteiger partial charge < -0.3 is 10.2 Å². The van der Waals surface area contributed by atoms with E-state index in [-0.39, 0.29) is 23.8 Å². The lowest BCUT2D eigenvalue weighted by Gasteiger charge is -2.18. The second-order valence-corrected chi connectivity index (χ2v) is 6.28. The first-order chi connectivity index (χ1) is 10.1. The molecule has 2 amide bonds. The predicted molar refractivity (Wildman–Crippen MR) is 77.2 cm³/mol. The van der Waals surface area contributed by atoms with Crippen LogP contribution in [0.5, 0.6) is 0 Å². The number of likely N-dealkylation sites (tertiary alicyclic amines) is 1. The quantitative estimate of drug-likeness (QED) is 0.836. The molecule has 1 N–H and O–H groups in total. The Morgan fingerprint density at radius 1 is 1.52 bits per heavy atom. The molecule has 1 aliphatic carbocycles. The van der Waals surface area contributed by atoms with Crippen LogP contribution in [-0.4, -0.2) is 45.6 Å². The molecule has 1 aromatic rings. The van der Waals surface area contributed by atoms with E-state index in [9.17, 15) is 9.59 Å². The van der Waals surface area contributed by atoms with E-state index in [0.717, 1.165) is 6.54 Å². The summed E-state index contributed by atoms with van der Waals surface area (Å²) in [5, 5.41) is 7.12. The molecule has 2 atom stereocenters. The number of hydrogen-bond donors (Lipinski definition) is 1. The molecule has 6 heteroatoms. The SMILES string of the molecule is C[C@H](Cn1cccn1)NC(=O)[C@H]1CC(=O)N(CC2CC2)C1. The van der Waals surface area contributed by atoms with Crippen molar-refractivity contribution in [3.8, 4) is 0 Å². The molecule has 0 spiro atoms. The molecule has 3 rings (SSSR count). The molecule has 1 aliphatic heterocycles. The molecule has 0 radical (unpaired) electrons. The third kappa shape index (κ3) is 3.62. The summed E-state index contributed by atoms with van der Waals surface area (Å²) in [4.78, 5) is 26.0. The zero-order chi connectivity index (χ0) is 14.8. The molecule has 114 valence electrons. The molecule has 1 saturated carbocycles. The van der Waals surface area contributed by atoms with Crippen LogP contribution in [0.1, 0.15) is 26.2 Å². The lowest BCUT2D eigenvalue weighted by Crippen LogP contribution is -2.40. The maximum Gasteiger partial charge on any atom is 0.225 e. The van der Waals surface area contributed by atoms with Crippen molar-refractivity contribution in [2.75, 3.05) is 13.1 Å². The van der Waals surface area contributed by atoms with Gasteiger partial charge in [-0.05, 0) is 31.7 Å². The molecule has 1 aromatic heterocycles. The predicted octanol–water partition coefficient (Wildman–Crippen LogP) is 0.646.